The van der Waals surface area contributed by atoms with E-state index in [0.717, 1.165) is 16.5 Å². The van der Waals surface area contributed by atoms with E-state index in [1.165, 1.54) is 0 Å². The molecule has 80 valence electrons. The van der Waals surface area contributed by atoms with Gasteiger partial charge in [-0.1, -0.05) is 18.2 Å². The van der Waals surface area contributed by atoms with Gasteiger partial charge in [-0.25, -0.2) is 9.97 Å². The van der Waals surface area contributed by atoms with Crippen LogP contribution in [-0.2, 0) is 0 Å². The fourth-order valence-corrected chi connectivity index (χ4v) is 1.74. The van der Waals surface area contributed by atoms with Gasteiger partial charge in [0.2, 0.25) is 5.82 Å². The predicted octanol–water partition coefficient (Wildman–Crippen LogP) is 2.76. The molecule has 1 aromatic carbocycles. The summed E-state index contributed by atoms with van der Waals surface area (Å²) in [6, 6.07) is 11.4. The van der Waals surface area contributed by atoms with E-state index in [9.17, 15) is 0 Å². The molecule has 0 aliphatic rings. The summed E-state index contributed by atoms with van der Waals surface area (Å²) in [6.07, 6.45) is 3.22. The summed E-state index contributed by atoms with van der Waals surface area (Å²) < 4.78 is 5.43. The third kappa shape index (κ3) is 1.54. The first-order valence-corrected chi connectivity index (χ1v) is 5.08. The molecule has 0 bridgehead atoms. The average Bonchev–Trinajstić information content (AvgIpc) is 2.82. The van der Waals surface area contributed by atoms with Gasteiger partial charge < -0.3 is 4.42 Å². The SMILES string of the molecule is N#Cc1nccc(-c2coc3ccccc23)n1. The van der Waals surface area contributed by atoms with Crippen molar-refractivity contribution in [3.63, 3.8) is 0 Å². The third-order valence-electron chi connectivity index (χ3n) is 2.51. The van der Waals surface area contributed by atoms with Crippen LogP contribution < -0.4 is 0 Å². The Balaban J connectivity index is 2.24. The predicted molar refractivity (Wildman–Crippen MR) is 62.0 cm³/mol. The van der Waals surface area contributed by atoms with Crippen LogP contribution in [0.3, 0.4) is 0 Å². The molecule has 0 fully saturated rings. The van der Waals surface area contributed by atoms with Crippen LogP contribution in [0.1, 0.15) is 5.82 Å². The zero-order valence-electron chi connectivity index (χ0n) is 8.79. The second kappa shape index (κ2) is 3.72. The molecule has 4 heteroatoms. The molecule has 0 N–H and O–H groups in total. The van der Waals surface area contributed by atoms with E-state index >= 15 is 0 Å². The van der Waals surface area contributed by atoms with E-state index in [-0.39, 0.29) is 5.82 Å². The fourth-order valence-electron chi connectivity index (χ4n) is 1.74. The first-order valence-electron chi connectivity index (χ1n) is 5.08. The topological polar surface area (TPSA) is 62.7 Å². The number of para-hydroxylation sites is 1. The van der Waals surface area contributed by atoms with Gasteiger partial charge >= 0.3 is 0 Å². The van der Waals surface area contributed by atoms with Crippen molar-refractivity contribution in [2.24, 2.45) is 0 Å². The van der Waals surface area contributed by atoms with Gasteiger partial charge in [-0.3, -0.25) is 0 Å². The lowest BCUT2D eigenvalue weighted by Gasteiger charge is -1.96. The number of rotatable bonds is 1. The van der Waals surface area contributed by atoms with Crippen LogP contribution in [0.2, 0.25) is 0 Å². The van der Waals surface area contributed by atoms with Crippen LogP contribution in [0.25, 0.3) is 22.2 Å². The van der Waals surface area contributed by atoms with Crippen molar-refractivity contribution < 1.29 is 4.42 Å². The molecule has 3 rings (SSSR count). The van der Waals surface area contributed by atoms with E-state index in [0.29, 0.717) is 5.69 Å². The smallest absolute Gasteiger partial charge is 0.232 e. The molecule has 0 atom stereocenters. The summed E-state index contributed by atoms with van der Waals surface area (Å²) in [5, 5.41) is 9.76. The second-order valence-corrected chi connectivity index (χ2v) is 3.52. The Morgan fingerprint density at radius 2 is 2.06 bits per heavy atom. The molecule has 0 spiro atoms. The number of nitriles is 1. The van der Waals surface area contributed by atoms with Crippen molar-refractivity contribution in [1.82, 2.24) is 9.97 Å². The van der Waals surface area contributed by atoms with Gasteiger partial charge in [-0.15, -0.1) is 0 Å². The number of hydrogen-bond acceptors (Lipinski definition) is 4. The van der Waals surface area contributed by atoms with Gasteiger partial charge in [0.25, 0.3) is 0 Å². The van der Waals surface area contributed by atoms with Crippen molar-refractivity contribution in [2.75, 3.05) is 0 Å². The van der Waals surface area contributed by atoms with E-state index in [4.69, 9.17) is 9.68 Å². The first-order chi connectivity index (χ1) is 8.38. The Bertz CT molecular complexity index is 725. The zero-order valence-corrected chi connectivity index (χ0v) is 8.79. The Morgan fingerprint density at radius 3 is 2.94 bits per heavy atom. The van der Waals surface area contributed by atoms with Gasteiger partial charge in [-0.05, 0) is 12.1 Å². The molecule has 0 saturated carbocycles. The summed E-state index contributed by atoms with van der Waals surface area (Å²) in [6.45, 7) is 0. The Hall–Kier alpha value is -2.67. The minimum Gasteiger partial charge on any atom is -0.464 e. The Labute approximate surface area is 97.2 Å². The minimum absolute atomic E-state index is 0.160. The average molecular weight is 221 g/mol. The summed E-state index contributed by atoms with van der Waals surface area (Å²) in [5.41, 5.74) is 2.38. The highest BCUT2D eigenvalue weighted by molar-refractivity contribution is 5.92. The number of hydrogen-bond donors (Lipinski definition) is 0. The van der Waals surface area contributed by atoms with E-state index < -0.39 is 0 Å². The maximum Gasteiger partial charge on any atom is 0.232 e. The second-order valence-electron chi connectivity index (χ2n) is 3.52. The molecule has 0 radical (unpaired) electrons. The van der Waals surface area contributed by atoms with E-state index in [2.05, 4.69) is 9.97 Å². The van der Waals surface area contributed by atoms with Gasteiger partial charge in [0.05, 0.1) is 5.69 Å². The number of furan rings is 1. The summed E-state index contributed by atoms with van der Waals surface area (Å²) >= 11 is 0. The number of nitrogens with zero attached hydrogens (tertiary/aromatic N) is 3. The maximum absolute atomic E-state index is 8.77. The Kier molecular flexibility index (Phi) is 2.09. The lowest BCUT2D eigenvalue weighted by atomic mass is 10.1. The highest BCUT2D eigenvalue weighted by Gasteiger charge is 2.09. The van der Waals surface area contributed by atoms with Crippen LogP contribution in [-0.4, -0.2) is 9.97 Å². The third-order valence-corrected chi connectivity index (χ3v) is 2.51. The summed E-state index contributed by atoms with van der Waals surface area (Å²) in [4.78, 5) is 8.00. The van der Waals surface area contributed by atoms with Crippen molar-refractivity contribution in [2.45, 2.75) is 0 Å². The van der Waals surface area contributed by atoms with Crippen LogP contribution in [0.4, 0.5) is 0 Å². The largest absolute Gasteiger partial charge is 0.464 e. The first kappa shape index (κ1) is 9.55. The number of fused-ring (bicyclic) bond motifs is 1. The quantitative estimate of drug-likeness (QED) is 0.633. The summed E-state index contributed by atoms with van der Waals surface area (Å²) in [7, 11) is 0. The highest BCUT2D eigenvalue weighted by Crippen LogP contribution is 2.28. The van der Waals surface area contributed by atoms with Gasteiger partial charge in [-0.2, -0.15) is 5.26 Å². The molecule has 0 aliphatic heterocycles. The van der Waals surface area contributed by atoms with Crippen molar-refractivity contribution in [3.8, 4) is 17.3 Å². The fraction of sp³-hybridized carbons (Fsp3) is 0. The molecule has 0 saturated heterocycles. The van der Waals surface area contributed by atoms with Crippen LogP contribution in [0.5, 0.6) is 0 Å². The molecule has 0 aliphatic carbocycles. The maximum atomic E-state index is 8.77. The molecule has 2 aromatic heterocycles. The lowest BCUT2D eigenvalue weighted by molar-refractivity contribution is 0.617. The molecular formula is C13H7N3O. The standard InChI is InChI=1S/C13H7N3O/c14-7-13-15-6-5-11(16-13)10-8-17-12-4-2-1-3-9(10)12/h1-6,8H. The molecule has 0 unspecified atom stereocenters. The number of aromatic nitrogens is 2. The Morgan fingerprint density at radius 1 is 1.18 bits per heavy atom. The van der Waals surface area contributed by atoms with Crippen LogP contribution in [0.15, 0.2) is 47.2 Å². The monoisotopic (exact) mass is 221 g/mol. The van der Waals surface area contributed by atoms with E-state index in [1.54, 1.807) is 18.5 Å². The lowest BCUT2D eigenvalue weighted by Crippen LogP contribution is -1.90. The molecule has 0 amide bonds. The van der Waals surface area contributed by atoms with Crippen LogP contribution in [0, 0.1) is 11.3 Å². The van der Waals surface area contributed by atoms with Gasteiger partial charge in [0, 0.05) is 17.1 Å². The summed E-state index contributed by atoms with van der Waals surface area (Å²) in [5.74, 6) is 0.160. The van der Waals surface area contributed by atoms with Gasteiger partial charge in [0.1, 0.15) is 17.9 Å². The van der Waals surface area contributed by atoms with Crippen molar-refractivity contribution in [3.05, 3.63) is 48.6 Å². The van der Waals surface area contributed by atoms with Crippen molar-refractivity contribution >= 4 is 11.0 Å². The van der Waals surface area contributed by atoms with Crippen LogP contribution >= 0.6 is 0 Å². The van der Waals surface area contributed by atoms with Crippen molar-refractivity contribution in [1.29, 1.82) is 5.26 Å². The normalized spacial score (nSPS) is 10.3. The number of benzene rings is 1. The molecule has 3 aromatic rings. The van der Waals surface area contributed by atoms with E-state index in [1.807, 2.05) is 30.3 Å². The zero-order chi connectivity index (χ0) is 11.7. The molecule has 2 heterocycles. The minimum atomic E-state index is 0.160. The highest BCUT2D eigenvalue weighted by atomic mass is 16.3. The molecular weight excluding hydrogens is 214 g/mol. The molecule has 17 heavy (non-hydrogen) atoms. The van der Waals surface area contributed by atoms with Gasteiger partial charge in [0.15, 0.2) is 0 Å². The molecule has 4 nitrogen and oxygen atoms in total.